The summed E-state index contributed by atoms with van der Waals surface area (Å²) in [7, 11) is 0. The number of esters is 1. The molecule has 0 aliphatic heterocycles. The summed E-state index contributed by atoms with van der Waals surface area (Å²) in [5.74, 6) is -0.694. The lowest BCUT2D eigenvalue weighted by atomic mass is 10.1. The molecule has 1 aromatic carbocycles. The molecule has 144 valence electrons. The third kappa shape index (κ3) is 8.50. The molecule has 0 fully saturated rings. The van der Waals surface area contributed by atoms with Crippen LogP contribution in [-0.2, 0) is 14.3 Å². The molecule has 0 heterocycles. The molecule has 1 aromatic rings. The van der Waals surface area contributed by atoms with E-state index in [1.165, 1.54) is 0 Å². The van der Waals surface area contributed by atoms with Gasteiger partial charge in [0, 0.05) is 12.2 Å². The van der Waals surface area contributed by atoms with Crippen molar-refractivity contribution in [3.8, 4) is 0 Å². The Labute approximate surface area is 154 Å². The predicted octanol–water partition coefficient (Wildman–Crippen LogP) is 2.54. The summed E-state index contributed by atoms with van der Waals surface area (Å²) in [6, 6.07) is 7.55. The average Bonchev–Trinajstić information content (AvgIpc) is 2.58. The van der Waals surface area contributed by atoms with Gasteiger partial charge in [-0.1, -0.05) is 45.9 Å². The van der Waals surface area contributed by atoms with E-state index < -0.39 is 18.0 Å². The van der Waals surface area contributed by atoms with E-state index >= 15 is 0 Å². The number of hydrogen-bond donors (Lipinski definition) is 3. The minimum Gasteiger partial charge on any atom is -0.454 e. The lowest BCUT2D eigenvalue weighted by Gasteiger charge is -2.21. The van der Waals surface area contributed by atoms with E-state index in [4.69, 9.17) is 4.74 Å². The Morgan fingerprint density at radius 3 is 2.27 bits per heavy atom. The minimum absolute atomic E-state index is 0.187. The summed E-state index contributed by atoms with van der Waals surface area (Å²) in [6.45, 7) is 7.88. The summed E-state index contributed by atoms with van der Waals surface area (Å²) in [6.07, 6.45) is 0.857. The van der Waals surface area contributed by atoms with E-state index in [0.29, 0.717) is 18.2 Å². The van der Waals surface area contributed by atoms with Gasteiger partial charge in [-0.25, -0.2) is 9.59 Å². The second-order valence-corrected chi connectivity index (χ2v) is 6.83. The number of carbonyl (C=O) groups is 3. The third-order valence-electron chi connectivity index (χ3n) is 3.63. The zero-order valence-electron chi connectivity index (χ0n) is 15.9. The van der Waals surface area contributed by atoms with Crippen molar-refractivity contribution < 1.29 is 19.1 Å². The molecule has 1 atom stereocenters. The second kappa shape index (κ2) is 11.1. The lowest BCUT2D eigenvalue weighted by Crippen LogP contribution is -2.47. The highest BCUT2D eigenvalue weighted by atomic mass is 16.5. The summed E-state index contributed by atoms with van der Waals surface area (Å²) in [5.41, 5.74) is 0.616. The Morgan fingerprint density at radius 2 is 1.69 bits per heavy atom. The van der Waals surface area contributed by atoms with E-state index in [1.807, 2.05) is 6.07 Å². The van der Waals surface area contributed by atoms with Gasteiger partial charge in [0.05, 0.1) is 0 Å². The van der Waals surface area contributed by atoms with E-state index in [9.17, 15) is 14.4 Å². The molecule has 0 saturated carbocycles. The Morgan fingerprint density at radius 1 is 1.04 bits per heavy atom. The molecule has 7 nitrogen and oxygen atoms in total. The van der Waals surface area contributed by atoms with Gasteiger partial charge in [0.2, 0.25) is 0 Å². The molecule has 0 bridgehead atoms. The number of anilines is 1. The van der Waals surface area contributed by atoms with Gasteiger partial charge < -0.3 is 20.7 Å². The summed E-state index contributed by atoms with van der Waals surface area (Å²) in [5, 5.41) is 7.93. The van der Waals surface area contributed by atoms with Crippen molar-refractivity contribution in [2.24, 2.45) is 11.8 Å². The molecule has 0 aromatic heterocycles. The number of para-hydroxylation sites is 1. The van der Waals surface area contributed by atoms with Crippen molar-refractivity contribution in [1.29, 1.82) is 0 Å². The maximum atomic E-state index is 12.2. The Balaban J connectivity index is 2.46. The van der Waals surface area contributed by atoms with Gasteiger partial charge in [-0.05, 0) is 30.4 Å². The lowest BCUT2D eigenvalue weighted by molar-refractivity contribution is -0.151. The molecule has 3 amide bonds. The van der Waals surface area contributed by atoms with Crippen LogP contribution in [0.25, 0.3) is 0 Å². The fourth-order valence-electron chi connectivity index (χ4n) is 2.11. The first-order chi connectivity index (χ1) is 12.3. The number of hydrogen-bond acceptors (Lipinski definition) is 4. The van der Waals surface area contributed by atoms with Crippen molar-refractivity contribution in [1.82, 2.24) is 10.6 Å². The van der Waals surface area contributed by atoms with Crippen LogP contribution in [0.15, 0.2) is 30.3 Å². The fraction of sp³-hybridized carbons (Fsp3) is 0.526. The highest BCUT2D eigenvalue weighted by Gasteiger charge is 2.26. The van der Waals surface area contributed by atoms with Crippen molar-refractivity contribution in [2.75, 3.05) is 18.5 Å². The molecule has 0 spiro atoms. The number of nitrogens with one attached hydrogen (secondary N) is 3. The van der Waals surface area contributed by atoms with Gasteiger partial charge >= 0.3 is 12.0 Å². The Bertz CT molecular complexity index is 588. The molecule has 0 aliphatic carbocycles. The number of amides is 3. The number of benzene rings is 1. The monoisotopic (exact) mass is 363 g/mol. The molecule has 0 radical (unpaired) electrons. The average molecular weight is 363 g/mol. The van der Waals surface area contributed by atoms with Crippen LogP contribution in [0.5, 0.6) is 0 Å². The Kier molecular flexibility index (Phi) is 9.19. The number of urea groups is 1. The van der Waals surface area contributed by atoms with Gasteiger partial charge in [0.25, 0.3) is 5.91 Å². The van der Waals surface area contributed by atoms with E-state index in [1.54, 1.807) is 38.1 Å². The van der Waals surface area contributed by atoms with Crippen LogP contribution in [0.2, 0.25) is 0 Å². The summed E-state index contributed by atoms with van der Waals surface area (Å²) < 4.78 is 5.04. The normalized spacial score (nSPS) is 11.8. The Hall–Kier alpha value is -2.57. The maximum absolute atomic E-state index is 12.2. The molecule has 3 N–H and O–H groups in total. The zero-order chi connectivity index (χ0) is 19.5. The van der Waals surface area contributed by atoms with Crippen molar-refractivity contribution in [2.45, 2.75) is 40.2 Å². The van der Waals surface area contributed by atoms with Crippen molar-refractivity contribution >= 4 is 23.6 Å². The van der Waals surface area contributed by atoms with Crippen LogP contribution in [0.3, 0.4) is 0 Å². The third-order valence-corrected chi connectivity index (χ3v) is 3.63. The van der Waals surface area contributed by atoms with Crippen LogP contribution in [0.4, 0.5) is 10.5 Å². The highest BCUT2D eigenvalue weighted by Crippen LogP contribution is 2.07. The smallest absolute Gasteiger partial charge is 0.329 e. The van der Waals surface area contributed by atoms with Gasteiger partial charge in [-0.3, -0.25) is 4.79 Å². The van der Waals surface area contributed by atoms with Crippen LogP contribution in [0.1, 0.15) is 34.1 Å². The van der Waals surface area contributed by atoms with Crippen LogP contribution in [-0.4, -0.2) is 37.1 Å². The highest BCUT2D eigenvalue weighted by molar-refractivity contribution is 5.93. The zero-order valence-corrected chi connectivity index (χ0v) is 15.9. The predicted molar refractivity (Wildman–Crippen MR) is 101 cm³/mol. The van der Waals surface area contributed by atoms with Crippen LogP contribution >= 0.6 is 0 Å². The van der Waals surface area contributed by atoms with Gasteiger partial charge in [0.1, 0.15) is 6.04 Å². The first kappa shape index (κ1) is 21.5. The van der Waals surface area contributed by atoms with Crippen LogP contribution < -0.4 is 16.0 Å². The molecule has 26 heavy (non-hydrogen) atoms. The first-order valence-corrected chi connectivity index (χ1v) is 8.85. The van der Waals surface area contributed by atoms with E-state index in [0.717, 1.165) is 6.42 Å². The maximum Gasteiger partial charge on any atom is 0.329 e. The number of rotatable bonds is 9. The van der Waals surface area contributed by atoms with E-state index in [-0.39, 0.29) is 18.4 Å². The quantitative estimate of drug-likeness (QED) is 0.587. The molecule has 0 saturated heterocycles. The van der Waals surface area contributed by atoms with Gasteiger partial charge in [-0.15, -0.1) is 0 Å². The fourth-order valence-corrected chi connectivity index (χ4v) is 2.11. The molecule has 0 aliphatic rings. The minimum atomic E-state index is -0.845. The number of carbonyl (C=O) groups excluding carboxylic acids is 3. The molecular formula is C19H29N3O4. The van der Waals surface area contributed by atoms with Crippen molar-refractivity contribution in [3.63, 3.8) is 0 Å². The van der Waals surface area contributed by atoms with E-state index in [2.05, 4.69) is 29.8 Å². The molecular weight excluding hydrogens is 334 g/mol. The van der Waals surface area contributed by atoms with Gasteiger partial charge in [0.15, 0.2) is 6.61 Å². The summed E-state index contributed by atoms with van der Waals surface area (Å²) in [4.78, 5) is 36.0. The second-order valence-electron chi connectivity index (χ2n) is 6.83. The largest absolute Gasteiger partial charge is 0.454 e. The topological polar surface area (TPSA) is 96.5 Å². The molecule has 1 rings (SSSR count). The van der Waals surface area contributed by atoms with Gasteiger partial charge in [-0.2, -0.15) is 0 Å². The number of ether oxygens (including phenoxy) is 1. The van der Waals surface area contributed by atoms with Crippen LogP contribution in [0, 0.1) is 11.8 Å². The summed E-state index contributed by atoms with van der Waals surface area (Å²) >= 11 is 0. The molecule has 0 unspecified atom stereocenters. The molecule has 7 heteroatoms. The standard InChI is InChI=1S/C19H29N3O4/c1-13(2)10-11-20-16(23)12-26-18(24)17(14(3)4)22-19(25)21-15-8-6-5-7-9-15/h5-9,13-14,17H,10-12H2,1-4H3,(H,20,23)(H2,21,22,25)/t17-/m1/s1. The van der Waals surface area contributed by atoms with Crippen molar-refractivity contribution in [3.05, 3.63) is 30.3 Å². The first-order valence-electron chi connectivity index (χ1n) is 8.85. The SMILES string of the molecule is CC(C)CCNC(=O)COC(=O)[C@H](NC(=O)Nc1ccccc1)C(C)C.